The van der Waals surface area contributed by atoms with E-state index in [1.165, 1.54) is 0 Å². The molecule has 78 valence electrons. The third kappa shape index (κ3) is 2.66. The molecular formula is C14H16O. The van der Waals surface area contributed by atoms with Gasteiger partial charge in [-0.25, -0.2) is 0 Å². The summed E-state index contributed by atoms with van der Waals surface area (Å²) in [6.45, 7) is 5.61. The van der Waals surface area contributed by atoms with E-state index in [-0.39, 0.29) is 5.78 Å². The van der Waals surface area contributed by atoms with Gasteiger partial charge in [0.15, 0.2) is 5.78 Å². The van der Waals surface area contributed by atoms with Gasteiger partial charge in [0, 0.05) is 5.57 Å². The normalized spacial score (nSPS) is 12.7. The highest BCUT2D eigenvalue weighted by molar-refractivity contribution is 6.28. The molecule has 0 radical (unpaired) electrons. The van der Waals surface area contributed by atoms with Crippen LogP contribution in [0.2, 0.25) is 0 Å². The Morgan fingerprint density at radius 1 is 1.07 bits per heavy atom. The summed E-state index contributed by atoms with van der Waals surface area (Å²) in [5.41, 5.74) is 2.53. The molecule has 0 spiro atoms. The van der Waals surface area contributed by atoms with Crippen molar-refractivity contribution in [2.75, 3.05) is 0 Å². The quantitative estimate of drug-likeness (QED) is 0.681. The van der Waals surface area contributed by atoms with Crippen LogP contribution < -0.4 is 0 Å². The Kier molecular flexibility index (Phi) is 4.04. The van der Waals surface area contributed by atoms with Crippen LogP contribution >= 0.6 is 0 Å². The van der Waals surface area contributed by atoms with Gasteiger partial charge in [-0.3, -0.25) is 4.79 Å². The number of ketones is 1. The number of hydrogen-bond donors (Lipinski definition) is 0. The smallest absolute Gasteiger partial charge is 0.188 e. The number of allylic oxidation sites excluding steroid dienone is 4. The maximum Gasteiger partial charge on any atom is 0.188 e. The molecule has 0 aliphatic carbocycles. The van der Waals surface area contributed by atoms with Gasteiger partial charge in [0.05, 0.1) is 0 Å². The molecule has 15 heavy (non-hydrogen) atoms. The number of benzene rings is 1. The van der Waals surface area contributed by atoms with Gasteiger partial charge in [0.25, 0.3) is 0 Å². The van der Waals surface area contributed by atoms with E-state index in [1.54, 1.807) is 0 Å². The highest BCUT2D eigenvalue weighted by atomic mass is 16.1. The molecule has 1 aromatic carbocycles. The van der Waals surface area contributed by atoms with Gasteiger partial charge in [0.2, 0.25) is 0 Å². The van der Waals surface area contributed by atoms with Crippen LogP contribution in [0.1, 0.15) is 26.3 Å². The lowest BCUT2D eigenvalue weighted by atomic mass is 9.97. The zero-order chi connectivity index (χ0) is 11.3. The second kappa shape index (κ2) is 5.30. The Morgan fingerprint density at radius 2 is 1.67 bits per heavy atom. The molecule has 0 atom stereocenters. The molecule has 0 aliphatic heterocycles. The first-order chi connectivity index (χ1) is 7.20. The van der Waals surface area contributed by atoms with Gasteiger partial charge in [-0.05, 0) is 31.9 Å². The molecule has 0 bridgehead atoms. The topological polar surface area (TPSA) is 17.1 Å². The number of carbonyl (C=O) groups excluding carboxylic acids is 1. The van der Waals surface area contributed by atoms with Gasteiger partial charge in [-0.1, -0.05) is 42.5 Å². The second-order valence-electron chi connectivity index (χ2n) is 3.37. The maximum absolute atomic E-state index is 12.0. The summed E-state index contributed by atoms with van der Waals surface area (Å²) in [5, 5.41) is 0. The van der Waals surface area contributed by atoms with Gasteiger partial charge >= 0.3 is 0 Å². The second-order valence-corrected chi connectivity index (χ2v) is 3.37. The van der Waals surface area contributed by atoms with E-state index in [4.69, 9.17) is 0 Å². The van der Waals surface area contributed by atoms with E-state index >= 15 is 0 Å². The molecule has 0 aromatic heterocycles. The molecule has 0 heterocycles. The molecule has 1 heteroatoms. The predicted molar refractivity (Wildman–Crippen MR) is 64.5 cm³/mol. The summed E-state index contributed by atoms with van der Waals surface area (Å²) in [6.07, 6.45) is 3.71. The zero-order valence-corrected chi connectivity index (χ0v) is 9.45. The zero-order valence-electron chi connectivity index (χ0n) is 9.45. The van der Waals surface area contributed by atoms with E-state index in [0.29, 0.717) is 0 Å². The maximum atomic E-state index is 12.0. The highest BCUT2D eigenvalue weighted by Gasteiger charge is 2.11. The lowest BCUT2D eigenvalue weighted by Gasteiger charge is -2.06. The van der Waals surface area contributed by atoms with Crippen molar-refractivity contribution in [3.05, 3.63) is 53.6 Å². The van der Waals surface area contributed by atoms with Crippen LogP contribution in [0.15, 0.2) is 48.1 Å². The van der Waals surface area contributed by atoms with Gasteiger partial charge in [-0.2, -0.15) is 0 Å². The van der Waals surface area contributed by atoms with Crippen molar-refractivity contribution in [2.24, 2.45) is 0 Å². The Bertz CT molecular complexity index is 397. The molecule has 0 unspecified atom stereocenters. The molecule has 1 nitrogen and oxygen atoms in total. The van der Waals surface area contributed by atoms with Crippen molar-refractivity contribution < 1.29 is 4.79 Å². The fourth-order valence-electron chi connectivity index (χ4n) is 1.39. The molecular weight excluding hydrogens is 184 g/mol. The fourth-order valence-corrected chi connectivity index (χ4v) is 1.39. The monoisotopic (exact) mass is 200 g/mol. The Morgan fingerprint density at radius 3 is 2.13 bits per heavy atom. The van der Waals surface area contributed by atoms with E-state index < -0.39 is 0 Å². The highest BCUT2D eigenvalue weighted by Crippen LogP contribution is 2.18. The lowest BCUT2D eigenvalue weighted by molar-refractivity contribution is -0.110. The predicted octanol–water partition coefficient (Wildman–Crippen LogP) is 3.63. The van der Waals surface area contributed by atoms with Crippen LogP contribution in [0.25, 0.3) is 5.57 Å². The van der Waals surface area contributed by atoms with Crippen molar-refractivity contribution in [2.45, 2.75) is 20.8 Å². The minimum atomic E-state index is 0.103. The molecule has 0 saturated heterocycles. The molecule has 0 aliphatic rings. The fraction of sp³-hybridized carbons (Fsp3) is 0.214. The Balaban J connectivity index is 3.08. The van der Waals surface area contributed by atoms with Crippen LogP contribution in [-0.4, -0.2) is 5.78 Å². The summed E-state index contributed by atoms with van der Waals surface area (Å²) >= 11 is 0. The first kappa shape index (κ1) is 11.4. The summed E-state index contributed by atoms with van der Waals surface area (Å²) in [5.74, 6) is 0.103. The molecule has 1 rings (SSSR count). The summed E-state index contributed by atoms with van der Waals surface area (Å²) < 4.78 is 0. The molecule has 0 amide bonds. The molecule has 1 aromatic rings. The number of carbonyl (C=O) groups is 1. The largest absolute Gasteiger partial charge is 0.289 e. The van der Waals surface area contributed by atoms with E-state index in [1.807, 2.05) is 63.3 Å². The van der Waals surface area contributed by atoms with Crippen molar-refractivity contribution >= 4 is 11.4 Å². The molecule has 0 fully saturated rings. The number of rotatable bonds is 3. The molecule has 0 saturated carbocycles. The lowest BCUT2D eigenvalue weighted by Crippen LogP contribution is -2.02. The van der Waals surface area contributed by atoms with E-state index in [9.17, 15) is 4.79 Å². The minimum Gasteiger partial charge on any atom is -0.289 e. The van der Waals surface area contributed by atoms with Gasteiger partial charge in [-0.15, -0.1) is 0 Å². The standard InChI is InChI=1S/C14H16O/c1-4-11(3)14(15)13(5-2)12-9-7-6-8-10-12/h4-10H,1-3H3/b11-4-,13-5-. The average molecular weight is 200 g/mol. The van der Waals surface area contributed by atoms with Gasteiger partial charge < -0.3 is 0 Å². The van der Waals surface area contributed by atoms with Crippen LogP contribution in [-0.2, 0) is 4.79 Å². The Labute approximate surface area is 91.1 Å². The average Bonchev–Trinajstić information content (AvgIpc) is 2.30. The van der Waals surface area contributed by atoms with Crippen molar-refractivity contribution in [3.8, 4) is 0 Å². The summed E-state index contributed by atoms with van der Waals surface area (Å²) in [4.78, 5) is 12.0. The number of Topliss-reactive ketones (excluding diaryl/α,β-unsaturated/α-hetero) is 1. The van der Waals surface area contributed by atoms with Gasteiger partial charge in [0.1, 0.15) is 0 Å². The van der Waals surface area contributed by atoms with Crippen molar-refractivity contribution in [1.82, 2.24) is 0 Å². The SMILES string of the molecule is C/C=C(/C)C(=O)/C(=C\C)c1ccccc1. The summed E-state index contributed by atoms with van der Waals surface area (Å²) in [7, 11) is 0. The van der Waals surface area contributed by atoms with Crippen LogP contribution in [0.4, 0.5) is 0 Å². The van der Waals surface area contributed by atoms with E-state index in [0.717, 1.165) is 16.7 Å². The van der Waals surface area contributed by atoms with Crippen LogP contribution in [0.5, 0.6) is 0 Å². The Hall–Kier alpha value is -1.63. The third-order valence-corrected chi connectivity index (χ3v) is 2.41. The first-order valence-electron chi connectivity index (χ1n) is 5.10. The first-order valence-corrected chi connectivity index (χ1v) is 5.10. The van der Waals surface area contributed by atoms with E-state index in [2.05, 4.69) is 0 Å². The van der Waals surface area contributed by atoms with Crippen molar-refractivity contribution in [1.29, 1.82) is 0 Å². The van der Waals surface area contributed by atoms with Crippen LogP contribution in [0.3, 0.4) is 0 Å². The molecule has 0 N–H and O–H groups in total. The third-order valence-electron chi connectivity index (χ3n) is 2.41. The minimum absolute atomic E-state index is 0.103. The number of hydrogen-bond acceptors (Lipinski definition) is 1. The van der Waals surface area contributed by atoms with Crippen molar-refractivity contribution in [3.63, 3.8) is 0 Å². The van der Waals surface area contributed by atoms with Crippen LogP contribution in [0, 0.1) is 0 Å². The summed E-state index contributed by atoms with van der Waals surface area (Å²) in [6, 6.07) is 9.74.